The average Bonchev–Trinajstić information content (AvgIpc) is 3.67. The van der Waals surface area contributed by atoms with Crippen LogP contribution in [0.15, 0.2) is 97.2 Å². The smallest absolute Gasteiger partial charge is 0.348 e. The molecule has 0 aliphatic rings. The second-order valence-electron chi connectivity index (χ2n) is 9.89. The first kappa shape index (κ1) is 31.6. The number of nitrogens with one attached hydrogen (secondary N) is 1. The highest BCUT2D eigenvalue weighted by Crippen LogP contribution is 2.34. The zero-order chi connectivity index (χ0) is 32.6. The molecule has 0 spiro atoms. The van der Waals surface area contributed by atoms with Gasteiger partial charge in [-0.05, 0) is 41.8 Å². The molecule has 0 aliphatic heterocycles. The molecule has 3 aromatic carbocycles. The Morgan fingerprint density at radius 3 is 2.09 bits per heavy atom. The van der Waals surface area contributed by atoms with E-state index in [2.05, 4.69) is 5.32 Å². The molecule has 0 radical (unpaired) electrons. The molecule has 5 aromatic rings. The number of carbonyl (C=O) groups is 4. The average molecular weight is 636 g/mol. The molecule has 10 nitrogen and oxygen atoms in total. The molecule has 0 aliphatic carbocycles. The van der Waals surface area contributed by atoms with Crippen LogP contribution in [0.3, 0.4) is 0 Å². The first-order valence-electron chi connectivity index (χ1n) is 14.0. The fourth-order valence-corrected chi connectivity index (χ4v) is 5.77. The molecule has 0 saturated heterocycles. The molecule has 2 aromatic heterocycles. The minimum absolute atomic E-state index is 0.0206. The maximum atomic E-state index is 12.7. The molecule has 46 heavy (non-hydrogen) atoms. The molecule has 1 amide bonds. The van der Waals surface area contributed by atoms with Crippen molar-refractivity contribution in [1.82, 2.24) is 9.78 Å². The van der Waals surface area contributed by atoms with Gasteiger partial charge in [-0.1, -0.05) is 72.8 Å². The molecule has 5 rings (SSSR count). The van der Waals surface area contributed by atoms with Crippen LogP contribution in [0.4, 0.5) is 5.00 Å². The summed E-state index contributed by atoms with van der Waals surface area (Å²) in [5.74, 6) is -2.87. The lowest BCUT2D eigenvalue weighted by Crippen LogP contribution is -2.21. The number of carbonyl (C=O) groups excluding carboxylic acids is 4. The summed E-state index contributed by atoms with van der Waals surface area (Å²) in [5, 5.41) is 7.39. The summed E-state index contributed by atoms with van der Waals surface area (Å²) in [7, 11) is 2.40. The normalized spacial score (nSPS) is 10.8. The number of esters is 3. The number of rotatable bonds is 10. The molecule has 2 heterocycles. The van der Waals surface area contributed by atoms with Crippen molar-refractivity contribution in [2.75, 3.05) is 26.1 Å². The SMILES string of the molecule is COC(=O)c1sc(NC(=O)COC(=O)/C=C/c2cn(-c3ccccc3)nc2-c2ccc(-c3ccccc3)cc2)c(C(=O)OC)c1C. The minimum atomic E-state index is -0.765. The largest absolute Gasteiger partial charge is 0.465 e. The van der Waals surface area contributed by atoms with Crippen molar-refractivity contribution in [3.05, 3.63) is 119 Å². The van der Waals surface area contributed by atoms with Crippen LogP contribution in [0.5, 0.6) is 0 Å². The van der Waals surface area contributed by atoms with Gasteiger partial charge in [0.15, 0.2) is 6.61 Å². The third-order valence-electron chi connectivity index (χ3n) is 6.93. The van der Waals surface area contributed by atoms with E-state index in [0.29, 0.717) is 16.8 Å². The molecule has 0 fully saturated rings. The predicted molar refractivity (Wildman–Crippen MR) is 175 cm³/mol. The number of thiophene rings is 1. The summed E-state index contributed by atoms with van der Waals surface area (Å²) in [4.78, 5) is 49.9. The van der Waals surface area contributed by atoms with Crippen molar-refractivity contribution in [1.29, 1.82) is 0 Å². The highest BCUT2D eigenvalue weighted by molar-refractivity contribution is 7.18. The van der Waals surface area contributed by atoms with Crippen molar-refractivity contribution in [2.24, 2.45) is 0 Å². The summed E-state index contributed by atoms with van der Waals surface area (Å²) in [6.07, 6.45) is 4.60. The zero-order valence-corrected chi connectivity index (χ0v) is 26.0. The molecular formula is C35H29N3O7S. The van der Waals surface area contributed by atoms with E-state index >= 15 is 0 Å². The van der Waals surface area contributed by atoms with E-state index in [1.807, 2.05) is 84.9 Å². The Labute approximate surface area is 268 Å². The standard InChI is InChI=1S/C35H29N3O7S/c1-22-30(34(41)43-2)33(46-32(22)35(42)44-3)36-28(39)21-45-29(40)19-18-26-20-38(27-12-8-5-9-13-27)37-31(26)25-16-14-24(15-17-25)23-10-6-4-7-11-23/h4-20H,21H2,1-3H3,(H,36,39)/b19-18+. The summed E-state index contributed by atoms with van der Waals surface area (Å²) in [6.45, 7) is 0.909. The van der Waals surface area contributed by atoms with Crippen molar-refractivity contribution >= 4 is 46.2 Å². The monoisotopic (exact) mass is 635 g/mol. The first-order valence-corrected chi connectivity index (χ1v) is 14.9. The highest BCUT2D eigenvalue weighted by Gasteiger charge is 2.27. The fourth-order valence-electron chi connectivity index (χ4n) is 4.64. The summed E-state index contributed by atoms with van der Waals surface area (Å²) in [5.41, 5.74) is 5.47. The number of aromatic nitrogens is 2. The van der Waals surface area contributed by atoms with Crippen LogP contribution in [-0.2, 0) is 23.8 Å². The molecule has 1 N–H and O–H groups in total. The maximum absolute atomic E-state index is 12.7. The van der Waals surface area contributed by atoms with Gasteiger partial charge in [-0.2, -0.15) is 5.10 Å². The Hall–Kier alpha value is -5.81. The first-order chi connectivity index (χ1) is 22.3. The maximum Gasteiger partial charge on any atom is 0.348 e. The number of methoxy groups -OCH3 is 2. The number of ether oxygens (including phenoxy) is 3. The molecule has 0 bridgehead atoms. The lowest BCUT2D eigenvalue weighted by molar-refractivity contribution is -0.142. The molecule has 232 valence electrons. The molecule has 0 atom stereocenters. The van der Waals surface area contributed by atoms with E-state index in [9.17, 15) is 19.2 Å². The summed E-state index contributed by atoms with van der Waals surface area (Å²) in [6, 6.07) is 27.6. The minimum Gasteiger partial charge on any atom is -0.465 e. The Morgan fingerprint density at radius 1 is 0.826 bits per heavy atom. The van der Waals surface area contributed by atoms with Gasteiger partial charge in [0.25, 0.3) is 5.91 Å². The van der Waals surface area contributed by atoms with Crippen LogP contribution in [0.2, 0.25) is 0 Å². The number of amides is 1. The van der Waals surface area contributed by atoms with E-state index < -0.39 is 30.4 Å². The van der Waals surface area contributed by atoms with Gasteiger partial charge in [0.05, 0.1) is 31.2 Å². The van der Waals surface area contributed by atoms with E-state index in [4.69, 9.17) is 19.3 Å². The van der Waals surface area contributed by atoms with Gasteiger partial charge in [0.2, 0.25) is 0 Å². The van der Waals surface area contributed by atoms with Crippen molar-refractivity contribution in [3.8, 4) is 28.1 Å². The van der Waals surface area contributed by atoms with Crippen LogP contribution in [0, 0.1) is 6.92 Å². The number of benzene rings is 3. The van der Waals surface area contributed by atoms with E-state index in [-0.39, 0.29) is 15.4 Å². The summed E-state index contributed by atoms with van der Waals surface area (Å²) >= 11 is 0.861. The second kappa shape index (κ2) is 14.3. The van der Waals surface area contributed by atoms with Gasteiger partial charge in [-0.25, -0.2) is 19.1 Å². The fraction of sp³-hybridized carbons (Fsp3) is 0.114. The highest BCUT2D eigenvalue weighted by atomic mass is 32.1. The van der Waals surface area contributed by atoms with Crippen LogP contribution >= 0.6 is 11.3 Å². The lowest BCUT2D eigenvalue weighted by atomic mass is 10.0. The predicted octanol–water partition coefficient (Wildman–Crippen LogP) is 6.34. The van der Waals surface area contributed by atoms with Crippen LogP contribution < -0.4 is 5.32 Å². The van der Waals surface area contributed by atoms with Crippen LogP contribution in [-0.4, -0.2) is 54.4 Å². The van der Waals surface area contributed by atoms with Crippen LogP contribution in [0.1, 0.15) is 31.2 Å². The van der Waals surface area contributed by atoms with Gasteiger partial charge in [0, 0.05) is 23.4 Å². The number of para-hydroxylation sites is 1. The number of anilines is 1. The second-order valence-corrected chi connectivity index (χ2v) is 10.9. The molecule has 0 saturated carbocycles. The number of hydrogen-bond donors (Lipinski definition) is 1. The number of nitrogens with zero attached hydrogens (tertiary/aromatic N) is 2. The van der Waals surface area contributed by atoms with E-state index in [1.165, 1.54) is 20.3 Å². The van der Waals surface area contributed by atoms with Gasteiger partial charge < -0.3 is 19.5 Å². The molecular weight excluding hydrogens is 606 g/mol. The van der Waals surface area contributed by atoms with Crippen molar-refractivity contribution in [3.63, 3.8) is 0 Å². The Bertz CT molecular complexity index is 1910. The molecule has 11 heteroatoms. The topological polar surface area (TPSA) is 126 Å². The van der Waals surface area contributed by atoms with Crippen LogP contribution in [0.25, 0.3) is 34.1 Å². The van der Waals surface area contributed by atoms with Gasteiger partial charge in [0.1, 0.15) is 9.88 Å². The Kier molecular flexibility index (Phi) is 9.84. The van der Waals surface area contributed by atoms with Crippen molar-refractivity contribution < 1.29 is 33.4 Å². The third-order valence-corrected chi connectivity index (χ3v) is 8.12. The summed E-state index contributed by atoms with van der Waals surface area (Å²) < 4.78 is 16.4. The molecule has 0 unspecified atom stereocenters. The van der Waals surface area contributed by atoms with E-state index in [1.54, 1.807) is 23.9 Å². The van der Waals surface area contributed by atoms with E-state index in [0.717, 1.165) is 33.7 Å². The Morgan fingerprint density at radius 2 is 1.43 bits per heavy atom. The third kappa shape index (κ3) is 7.11. The quantitative estimate of drug-likeness (QED) is 0.107. The zero-order valence-electron chi connectivity index (χ0n) is 25.2. The van der Waals surface area contributed by atoms with Gasteiger partial charge in [-0.3, -0.25) is 4.79 Å². The number of hydrogen-bond acceptors (Lipinski definition) is 9. The van der Waals surface area contributed by atoms with Gasteiger partial charge in [-0.15, -0.1) is 11.3 Å². The Balaban J connectivity index is 1.32. The van der Waals surface area contributed by atoms with Gasteiger partial charge >= 0.3 is 17.9 Å². The van der Waals surface area contributed by atoms with Crippen molar-refractivity contribution in [2.45, 2.75) is 6.92 Å². The lowest BCUT2D eigenvalue weighted by Gasteiger charge is -2.06.